The number of halogens is 1. The topological polar surface area (TPSA) is 94.7 Å². The van der Waals surface area contributed by atoms with E-state index >= 15 is 0 Å². The molecule has 4 aromatic rings. The molecule has 0 spiro atoms. The van der Waals surface area contributed by atoms with Crippen molar-refractivity contribution in [3.05, 3.63) is 42.1 Å². The molecule has 2 N–H and O–H groups in total. The van der Waals surface area contributed by atoms with Crippen molar-refractivity contribution in [1.29, 1.82) is 5.26 Å². The average Bonchev–Trinajstić information content (AvgIpc) is 3.40. The first kappa shape index (κ1) is 18.3. The van der Waals surface area contributed by atoms with Crippen molar-refractivity contribution in [3.8, 4) is 17.5 Å². The van der Waals surface area contributed by atoms with Crippen LogP contribution in [-0.4, -0.2) is 30.6 Å². The van der Waals surface area contributed by atoms with E-state index < -0.39 is 5.82 Å². The molecule has 7 rings (SSSR count). The van der Waals surface area contributed by atoms with Crippen LogP contribution in [0, 0.1) is 34.9 Å². The van der Waals surface area contributed by atoms with Crippen molar-refractivity contribution in [2.45, 2.75) is 38.6 Å². The lowest BCUT2D eigenvalue weighted by Crippen LogP contribution is -2.47. The molecule has 3 fully saturated rings. The lowest BCUT2D eigenvalue weighted by molar-refractivity contribution is 0.0928. The van der Waals surface area contributed by atoms with Gasteiger partial charge in [0.15, 0.2) is 11.6 Å². The van der Waals surface area contributed by atoms with E-state index in [1.165, 1.54) is 37.9 Å². The number of rotatable bonds is 3. The van der Waals surface area contributed by atoms with Crippen molar-refractivity contribution >= 4 is 22.4 Å². The number of nitriles is 1. The molecule has 0 saturated heterocycles. The Hall–Kier alpha value is -3.47. The molecule has 3 saturated carbocycles. The Morgan fingerprint density at radius 2 is 2.03 bits per heavy atom. The first-order chi connectivity index (χ1) is 15.1. The van der Waals surface area contributed by atoms with Gasteiger partial charge in [-0.2, -0.15) is 5.26 Å². The molecule has 3 aliphatic rings. The molecule has 7 nitrogen and oxygen atoms in total. The largest absolute Gasteiger partial charge is 0.365 e. The maximum atomic E-state index is 13.9. The Labute approximate surface area is 178 Å². The standard InChI is InChI=1S/C23H22FN7/c1-12-13-2-4-14(5-3-13)20(12)28-23-19-7-6-16(9-25)31(19)30-22(29-23)18-11-27-21-17(18)8-15(24)10-26-21/h6-8,10-14,20H,2-5H2,1H3,(H,26,27)(H,28,29,30)/t12-,13?,14?,20+/m0/s1. The van der Waals surface area contributed by atoms with Crippen LogP contribution in [0.3, 0.4) is 0 Å². The predicted octanol–water partition coefficient (Wildman–Crippen LogP) is 4.52. The first-order valence-corrected chi connectivity index (χ1v) is 10.8. The molecular formula is C23H22FN7. The van der Waals surface area contributed by atoms with E-state index in [0.717, 1.165) is 17.3 Å². The molecule has 8 heteroatoms. The van der Waals surface area contributed by atoms with Gasteiger partial charge in [0.2, 0.25) is 0 Å². The fraction of sp³-hybridized carbons (Fsp3) is 0.391. The number of hydrogen-bond donors (Lipinski definition) is 2. The Balaban J connectivity index is 1.50. The number of aromatic amines is 1. The molecule has 0 aliphatic heterocycles. The molecule has 0 radical (unpaired) electrons. The normalized spacial score (nSPS) is 25.2. The van der Waals surface area contributed by atoms with Crippen LogP contribution in [0.1, 0.15) is 38.3 Å². The second kappa shape index (κ2) is 6.77. The van der Waals surface area contributed by atoms with Gasteiger partial charge in [0.1, 0.15) is 28.7 Å². The van der Waals surface area contributed by atoms with Crippen LogP contribution in [0.2, 0.25) is 0 Å². The third kappa shape index (κ3) is 2.80. The van der Waals surface area contributed by atoms with E-state index in [4.69, 9.17) is 4.98 Å². The maximum absolute atomic E-state index is 13.9. The highest BCUT2D eigenvalue weighted by atomic mass is 19.1. The van der Waals surface area contributed by atoms with E-state index in [2.05, 4.69) is 33.4 Å². The highest BCUT2D eigenvalue weighted by Gasteiger charge is 2.41. The summed E-state index contributed by atoms with van der Waals surface area (Å²) in [6.45, 7) is 2.33. The van der Waals surface area contributed by atoms with E-state index in [0.29, 0.717) is 46.0 Å². The monoisotopic (exact) mass is 415 g/mol. The summed E-state index contributed by atoms with van der Waals surface area (Å²) in [4.78, 5) is 12.0. The third-order valence-corrected chi connectivity index (χ3v) is 7.30. The van der Waals surface area contributed by atoms with Crippen LogP contribution < -0.4 is 5.32 Å². The SMILES string of the molecule is C[C@H]1C2CCC(CC2)[C@@H]1Nc1nc(-c2c[nH]c3ncc(F)cc23)nn2c(C#N)ccc12. The summed E-state index contributed by atoms with van der Waals surface area (Å²) in [7, 11) is 0. The average molecular weight is 415 g/mol. The quantitative estimate of drug-likeness (QED) is 0.513. The Morgan fingerprint density at radius 1 is 1.23 bits per heavy atom. The van der Waals surface area contributed by atoms with Gasteiger partial charge in [-0.15, -0.1) is 5.10 Å². The lowest BCUT2D eigenvalue weighted by atomic mass is 9.62. The minimum atomic E-state index is -0.418. The molecule has 156 valence electrons. The molecule has 2 bridgehead atoms. The minimum absolute atomic E-state index is 0.349. The summed E-state index contributed by atoms with van der Waals surface area (Å²) in [5.41, 5.74) is 2.44. The second-order valence-corrected chi connectivity index (χ2v) is 8.87. The molecule has 0 unspecified atom stereocenters. The number of pyridine rings is 1. The summed E-state index contributed by atoms with van der Waals surface area (Å²) < 4.78 is 15.5. The highest BCUT2D eigenvalue weighted by Crippen LogP contribution is 2.46. The Kier molecular flexibility index (Phi) is 4.00. The Bertz CT molecular complexity index is 1340. The minimum Gasteiger partial charge on any atom is -0.365 e. The zero-order valence-corrected chi connectivity index (χ0v) is 17.1. The number of nitrogens with zero attached hydrogens (tertiary/aromatic N) is 5. The number of H-pyrrole nitrogens is 1. The third-order valence-electron chi connectivity index (χ3n) is 7.30. The van der Waals surface area contributed by atoms with E-state index in [-0.39, 0.29) is 0 Å². The lowest BCUT2D eigenvalue weighted by Gasteiger charge is -2.47. The van der Waals surface area contributed by atoms with E-state index in [1.54, 1.807) is 16.8 Å². The zero-order chi connectivity index (χ0) is 21.1. The van der Waals surface area contributed by atoms with Crippen LogP contribution in [0.5, 0.6) is 0 Å². The smallest absolute Gasteiger partial charge is 0.184 e. The van der Waals surface area contributed by atoms with Gasteiger partial charge < -0.3 is 10.3 Å². The van der Waals surface area contributed by atoms with Gasteiger partial charge in [0.25, 0.3) is 0 Å². The molecule has 4 aromatic heterocycles. The molecule has 0 aromatic carbocycles. The number of hydrogen-bond acceptors (Lipinski definition) is 5. The molecule has 3 aliphatic carbocycles. The van der Waals surface area contributed by atoms with Gasteiger partial charge >= 0.3 is 0 Å². The number of nitrogens with one attached hydrogen (secondary N) is 2. The van der Waals surface area contributed by atoms with Crippen LogP contribution in [0.25, 0.3) is 27.9 Å². The van der Waals surface area contributed by atoms with Gasteiger partial charge in [0, 0.05) is 23.2 Å². The van der Waals surface area contributed by atoms with Gasteiger partial charge in [0.05, 0.1) is 6.20 Å². The molecule has 31 heavy (non-hydrogen) atoms. The van der Waals surface area contributed by atoms with Crippen molar-refractivity contribution in [2.24, 2.45) is 17.8 Å². The highest BCUT2D eigenvalue weighted by molar-refractivity contribution is 5.92. The summed E-state index contributed by atoms with van der Waals surface area (Å²) in [6.07, 6.45) is 8.04. The van der Waals surface area contributed by atoms with Crippen LogP contribution in [-0.2, 0) is 0 Å². The fourth-order valence-corrected chi connectivity index (χ4v) is 5.62. The number of anilines is 1. The van der Waals surface area contributed by atoms with Crippen LogP contribution in [0.4, 0.5) is 10.2 Å². The molecule has 0 amide bonds. The zero-order valence-electron chi connectivity index (χ0n) is 17.1. The van der Waals surface area contributed by atoms with E-state index in [1.807, 2.05) is 6.07 Å². The van der Waals surface area contributed by atoms with Crippen molar-refractivity contribution in [2.75, 3.05) is 5.32 Å². The van der Waals surface area contributed by atoms with E-state index in [9.17, 15) is 9.65 Å². The summed E-state index contributed by atoms with van der Waals surface area (Å²) in [6, 6.07) is 7.61. The maximum Gasteiger partial charge on any atom is 0.184 e. The van der Waals surface area contributed by atoms with Gasteiger partial charge in [-0.1, -0.05) is 6.92 Å². The summed E-state index contributed by atoms with van der Waals surface area (Å²) in [5.74, 6) is 2.69. The number of aromatic nitrogens is 5. The predicted molar refractivity (Wildman–Crippen MR) is 115 cm³/mol. The molecule has 2 atom stereocenters. The summed E-state index contributed by atoms with van der Waals surface area (Å²) in [5, 5.41) is 18.5. The van der Waals surface area contributed by atoms with Gasteiger partial charge in [-0.25, -0.2) is 18.9 Å². The number of fused-ring (bicyclic) bond motifs is 5. The van der Waals surface area contributed by atoms with Crippen molar-refractivity contribution in [1.82, 2.24) is 24.6 Å². The summed E-state index contributed by atoms with van der Waals surface area (Å²) >= 11 is 0. The van der Waals surface area contributed by atoms with Gasteiger partial charge in [-0.3, -0.25) is 0 Å². The van der Waals surface area contributed by atoms with Crippen LogP contribution in [0.15, 0.2) is 30.6 Å². The van der Waals surface area contributed by atoms with Crippen LogP contribution >= 0.6 is 0 Å². The second-order valence-electron chi connectivity index (χ2n) is 8.87. The van der Waals surface area contributed by atoms with Crippen molar-refractivity contribution < 1.29 is 4.39 Å². The van der Waals surface area contributed by atoms with Gasteiger partial charge in [-0.05, 0) is 61.6 Å². The molecule has 4 heterocycles. The Morgan fingerprint density at radius 3 is 2.81 bits per heavy atom. The first-order valence-electron chi connectivity index (χ1n) is 10.8. The van der Waals surface area contributed by atoms with Crippen molar-refractivity contribution in [3.63, 3.8) is 0 Å². The fourth-order valence-electron chi connectivity index (χ4n) is 5.62. The molecular weight excluding hydrogens is 393 g/mol.